The van der Waals surface area contributed by atoms with E-state index in [1.165, 1.54) is 0 Å². The summed E-state index contributed by atoms with van der Waals surface area (Å²) in [4.78, 5) is 11.2. The van der Waals surface area contributed by atoms with Gasteiger partial charge in [-0.25, -0.2) is 4.98 Å². The van der Waals surface area contributed by atoms with E-state index in [1.54, 1.807) is 28.4 Å². The first kappa shape index (κ1) is 25.8. The monoisotopic (exact) mass is 555 g/mol. The van der Waals surface area contributed by atoms with E-state index in [0.29, 0.717) is 18.3 Å². The molecule has 1 saturated heterocycles. The molecule has 8 nitrogen and oxygen atoms in total. The molecule has 0 unspecified atom stereocenters. The molecule has 2 aromatic rings. The van der Waals surface area contributed by atoms with Gasteiger partial charge in [-0.05, 0) is 31.4 Å². The molecule has 3 rings (SSSR count). The second kappa shape index (κ2) is 13.2. The number of ether oxygens (including phenoxy) is 3. The number of guanidine groups is 1. The molecule has 176 valence electrons. The van der Waals surface area contributed by atoms with Crippen LogP contribution in [-0.4, -0.2) is 65.0 Å². The number of benzene rings is 1. The molecule has 1 aromatic heterocycles. The van der Waals surface area contributed by atoms with Gasteiger partial charge in [-0.3, -0.25) is 4.99 Å². The molecule has 0 radical (unpaired) electrons. The van der Waals surface area contributed by atoms with E-state index in [0.717, 1.165) is 61.2 Å². The van der Waals surface area contributed by atoms with Crippen molar-refractivity contribution in [3.05, 3.63) is 42.1 Å². The topological polar surface area (TPSA) is 80.2 Å². The first-order valence-corrected chi connectivity index (χ1v) is 10.6. The summed E-state index contributed by atoms with van der Waals surface area (Å²) in [7, 11) is 6.74. The van der Waals surface area contributed by atoms with E-state index in [1.807, 2.05) is 30.5 Å². The van der Waals surface area contributed by atoms with Crippen LogP contribution in [-0.2, 0) is 6.42 Å². The van der Waals surface area contributed by atoms with Gasteiger partial charge in [0.05, 0.1) is 21.3 Å². The standard InChI is InChI=1S/C23H33N5O3.HI/c1-24-23(27-17-9-13-28(14-10-17)22-7-5-6-11-25-22)26-12-8-19-20(30-3)15-18(29-2)16-21(19)31-4;/h5-7,11,15-17H,8-10,12-14H2,1-4H3,(H2,24,26,27);1H. The summed E-state index contributed by atoms with van der Waals surface area (Å²) in [5.41, 5.74) is 0.998. The lowest BCUT2D eigenvalue weighted by Crippen LogP contribution is -2.49. The van der Waals surface area contributed by atoms with Gasteiger partial charge in [0.1, 0.15) is 23.1 Å². The molecule has 0 saturated carbocycles. The Bertz CT molecular complexity index is 833. The Labute approximate surface area is 207 Å². The van der Waals surface area contributed by atoms with Crippen LogP contribution in [0.25, 0.3) is 0 Å². The number of hydrogen-bond acceptors (Lipinski definition) is 6. The van der Waals surface area contributed by atoms with Crippen molar-refractivity contribution in [3.63, 3.8) is 0 Å². The lowest BCUT2D eigenvalue weighted by Gasteiger charge is -2.33. The van der Waals surface area contributed by atoms with E-state index in [9.17, 15) is 0 Å². The Balaban J connectivity index is 0.00000363. The van der Waals surface area contributed by atoms with E-state index in [-0.39, 0.29) is 24.0 Å². The maximum atomic E-state index is 5.54. The molecule has 0 aliphatic carbocycles. The van der Waals surface area contributed by atoms with Crippen LogP contribution >= 0.6 is 24.0 Å². The van der Waals surface area contributed by atoms with Crippen molar-refractivity contribution in [3.8, 4) is 17.2 Å². The van der Waals surface area contributed by atoms with Crippen LogP contribution in [0.5, 0.6) is 17.2 Å². The van der Waals surface area contributed by atoms with Crippen molar-refractivity contribution in [1.82, 2.24) is 15.6 Å². The summed E-state index contributed by atoms with van der Waals surface area (Å²) < 4.78 is 16.4. The Morgan fingerprint density at radius 1 is 1.09 bits per heavy atom. The average Bonchev–Trinajstić information content (AvgIpc) is 2.84. The van der Waals surface area contributed by atoms with Crippen LogP contribution in [0.2, 0.25) is 0 Å². The van der Waals surface area contributed by atoms with Crippen LogP contribution in [0, 0.1) is 0 Å². The molecule has 32 heavy (non-hydrogen) atoms. The fraction of sp³-hybridized carbons (Fsp3) is 0.478. The summed E-state index contributed by atoms with van der Waals surface area (Å²) in [6.07, 6.45) is 4.65. The van der Waals surface area contributed by atoms with Gasteiger partial charge in [0, 0.05) is 56.6 Å². The second-order valence-corrected chi connectivity index (χ2v) is 7.35. The highest BCUT2D eigenvalue weighted by Crippen LogP contribution is 2.34. The number of anilines is 1. The molecule has 1 aliphatic heterocycles. The Kier molecular flexibility index (Phi) is 10.6. The van der Waals surface area contributed by atoms with Crippen LogP contribution in [0.15, 0.2) is 41.5 Å². The summed E-state index contributed by atoms with van der Waals surface area (Å²) in [6, 6.07) is 10.2. The molecule has 1 fully saturated rings. The number of aliphatic imine (C=N–C) groups is 1. The maximum absolute atomic E-state index is 5.54. The summed E-state index contributed by atoms with van der Waals surface area (Å²) in [5, 5.41) is 6.96. The first-order chi connectivity index (χ1) is 15.2. The average molecular weight is 555 g/mol. The third kappa shape index (κ3) is 6.78. The van der Waals surface area contributed by atoms with Gasteiger partial charge in [-0.15, -0.1) is 24.0 Å². The number of rotatable bonds is 8. The predicted molar refractivity (Wildman–Crippen MR) is 139 cm³/mol. The first-order valence-electron chi connectivity index (χ1n) is 10.6. The van der Waals surface area contributed by atoms with Crippen LogP contribution in [0.4, 0.5) is 5.82 Å². The van der Waals surface area contributed by atoms with Crippen molar-refractivity contribution < 1.29 is 14.2 Å². The lowest BCUT2D eigenvalue weighted by molar-refractivity contribution is 0.368. The summed E-state index contributed by atoms with van der Waals surface area (Å²) >= 11 is 0. The van der Waals surface area contributed by atoms with Crippen molar-refractivity contribution in [2.75, 3.05) is 52.9 Å². The van der Waals surface area contributed by atoms with E-state index in [2.05, 4.69) is 31.6 Å². The zero-order valence-electron chi connectivity index (χ0n) is 19.3. The smallest absolute Gasteiger partial charge is 0.191 e. The minimum atomic E-state index is 0. The van der Waals surface area contributed by atoms with E-state index >= 15 is 0 Å². The number of halogens is 1. The second-order valence-electron chi connectivity index (χ2n) is 7.35. The quantitative estimate of drug-likeness (QED) is 0.295. The molecule has 1 aromatic carbocycles. The number of methoxy groups -OCH3 is 3. The fourth-order valence-electron chi connectivity index (χ4n) is 3.81. The van der Waals surface area contributed by atoms with Crippen LogP contribution < -0.4 is 29.7 Å². The predicted octanol–water partition coefficient (Wildman–Crippen LogP) is 3.10. The van der Waals surface area contributed by atoms with Crippen molar-refractivity contribution >= 4 is 35.8 Å². The Morgan fingerprint density at radius 3 is 2.31 bits per heavy atom. The molecular formula is C23H34IN5O3. The number of aromatic nitrogens is 1. The Hall–Kier alpha value is -2.43. The largest absolute Gasteiger partial charge is 0.496 e. The van der Waals surface area contributed by atoms with Crippen LogP contribution in [0.1, 0.15) is 18.4 Å². The minimum Gasteiger partial charge on any atom is -0.496 e. The molecule has 9 heteroatoms. The highest BCUT2D eigenvalue weighted by molar-refractivity contribution is 14.0. The van der Waals surface area contributed by atoms with Crippen molar-refractivity contribution in [1.29, 1.82) is 0 Å². The normalized spacial score (nSPS) is 14.4. The van der Waals surface area contributed by atoms with Gasteiger partial charge < -0.3 is 29.7 Å². The maximum Gasteiger partial charge on any atom is 0.191 e. The molecule has 2 N–H and O–H groups in total. The fourth-order valence-corrected chi connectivity index (χ4v) is 3.81. The molecule has 2 heterocycles. The zero-order chi connectivity index (χ0) is 22.1. The number of piperidine rings is 1. The van der Waals surface area contributed by atoms with E-state index < -0.39 is 0 Å². The minimum absolute atomic E-state index is 0. The van der Waals surface area contributed by atoms with Gasteiger partial charge >= 0.3 is 0 Å². The van der Waals surface area contributed by atoms with Gasteiger partial charge in [0.25, 0.3) is 0 Å². The molecule has 0 spiro atoms. The molecule has 0 bridgehead atoms. The van der Waals surface area contributed by atoms with Gasteiger partial charge in [0.2, 0.25) is 0 Å². The number of nitrogens with one attached hydrogen (secondary N) is 2. The molecular weight excluding hydrogens is 521 g/mol. The highest BCUT2D eigenvalue weighted by Gasteiger charge is 2.21. The number of nitrogens with zero attached hydrogens (tertiary/aromatic N) is 3. The molecule has 0 amide bonds. The lowest BCUT2D eigenvalue weighted by atomic mass is 10.1. The van der Waals surface area contributed by atoms with Crippen LogP contribution in [0.3, 0.4) is 0 Å². The zero-order valence-corrected chi connectivity index (χ0v) is 21.6. The third-order valence-corrected chi connectivity index (χ3v) is 5.52. The van der Waals surface area contributed by atoms with E-state index in [4.69, 9.17) is 14.2 Å². The number of pyridine rings is 1. The summed E-state index contributed by atoms with van der Waals surface area (Å²) in [5.74, 6) is 4.07. The van der Waals surface area contributed by atoms with Crippen molar-refractivity contribution in [2.45, 2.75) is 25.3 Å². The number of hydrogen-bond donors (Lipinski definition) is 2. The van der Waals surface area contributed by atoms with Gasteiger partial charge in [-0.2, -0.15) is 0 Å². The molecule has 1 aliphatic rings. The highest BCUT2D eigenvalue weighted by atomic mass is 127. The van der Waals surface area contributed by atoms with Gasteiger partial charge in [0.15, 0.2) is 5.96 Å². The molecule has 0 atom stereocenters. The van der Waals surface area contributed by atoms with Gasteiger partial charge in [-0.1, -0.05) is 6.07 Å². The van der Waals surface area contributed by atoms with Crippen molar-refractivity contribution in [2.24, 2.45) is 4.99 Å². The Morgan fingerprint density at radius 2 is 1.78 bits per heavy atom. The third-order valence-electron chi connectivity index (χ3n) is 5.52. The summed E-state index contributed by atoms with van der Waals surface area (Å²) in [6.45, 7) is 2.66. The SMILES string of the molecule is CN=C(NCCc1c(OC)cc(OC)cc1OC)NC1CCN(c2ccccn2)CC1.I.